The SMILES string of the molecule is Cc1cc2c(cc1N1c3sc4ccccc4c3B3c4c(cc5c(c41)C(C)(C)c1ccccc1-5)-c1cccc4c5oc6ccccc6c5n3c14)C(C)(C)CCC2(C)C. The van der Waals surface area contributed by atoms with Crippen molar-refractivity contribution in [2.45, 2.75) is 77.6 Å². The summed E-state index contributed by atoms with van der Waals surface area (Å²) in [6.07, 6.45) is 2.38. The molecule has 13 rings (SSSR count). The molecule has 3 aromatic heterocycles. The standard InChI is InChI=1S/C52H43BN2OS/c1-28-25-37-38(51(4,5)24-23-50(37,2)3)27-39(28)54-47-42-34(29-15-8-11-20-36(29)52(42,6)7)26-35-30-18-14-19-33-45(30)55(46-31-16-9-12-21-40(31)56-48(33)46)53(43(35)47)44-32-17-10-13-22-41(32)57-49(44)54/h8-22,25-27H,23-24H2,1-7H3. The maximum Gasteiger partial charge on any atom is 0.334 e. The molecule has 0 saturated carbocycles. The van der Waals surface area contributed by atoms with E-state index in [4.69, 9.17) is 4.42 Å². The van der Waals surface area contributed by atoms with Gasteiger partial charge in [-0.2, -0.15) is 0 Å². The highest BCUT2D eigenvalue weighted by molar-refractivity contribution is 7.26. The Bertz CT molecular complexity index is 3310. The third kappa shape index (κ3) is 3.81. The Kier molecular flexibility index (Phi) is 5.89. The molecule has 0 atom stereocenters. The maximum atomic E-state index is 6.85. The molecule has 9 aromatic rings. The van der Waals surface area contributed by atoms with Gasteiger partial charge >= 0.3 is 6.85 Å². The van der Waals surface area contributed by atoms with Crippen molar-refractivity contribution < 1.29 is 4.42 Å². The summed E-state index contributed by atoms with van der Waals surface area (Å²) in [5.74, 6) is 0. The van der Waals surface area contributed by atoms with E-state index < -0.39 is 0 Å². The van der Waals surface area contributed by atoms with E-state index in [0.717, 1.165) is 11.2 Å². The summed E-state index contributed by atoms with van der Waals surface area (Å²) >= 11 is 1.96. The first-order chi connectivity index (χ1) is 27.5. The van der Waals surface area contributed by atoms with Crippen LogP contribution in [0.1, 0.15) is 82.2 Å². The second kappa shape index (κ2) is 10.3. The summed E-state index contributed by atoms with van der Waals surface area (Å²) in [7, 11) is 0. The Labute approximate surface area is 337 Å². The van der Waals surface area contributed by atoms with Gasteiger partial charge in [-0.3, -0.25) is 0 Å². The molecule has 0 spiro atoms. The van der Waals surface area contributed by atoms with E-state index >= 15 is 0 Å². The minimum atomic E-state index is -0.225. The summed E-state index contributed by atoms with van der Waals surface area (Å²) in [4.78, 5) is 2.76. The average molecular weight is 755 g/mol. The second-order valence-corrected chi connectivity index (χ2v) is 20.2. The van der Waals surface area contributed by atoms with E-state index in [0.29, 0.717) is 0 Å². The lowest BCUT2D eigenvalue weighted by Crippen LogP contribution is -2.57. The molecular formula is C52H43BN2OS. The highest BCUT2D eigenvalue weighted by Crippen LogP contribution is 2.59. The number of hydrogen-bond acceptors (Lipinski definition) is 3. The molecule has 0 unspecified atom stereocenters. The van der Waals surface area contributed by atoms with Crippen LogP contribution in [0.4, 0.5) is 16.4 Å². The highest BCUT2D eigenvalue weighted by Gasteiger charge is 2.51. The Hall–Kier alpha value is -5.52. The zero-order chi connectivity index (χ0) is 38.5. The molecule has 5 heterocycles. The molecule has 6 aromatic carbocycles. The van der Waals surface area contributed by atoms with E-state index in [1.807, 2.05) is 11.3 Å². The van der Waals surface area contributed by atoms with Gasteiger partial charge < -0.3 is 13.8 Å². The van der Waals surface area contributed by atoms with Crippen LogP contribution in [0.25, 0.3) is 65.3 Å². The molecule has 3 nitrogen and oxygen atoms in total. The van der Waals surface area contributed by atoms with Gasteiger partial charge in [-0.1, -0.05) is 114 Å². The molecule has 0 bridgehead atoms. The molecule has 0 saturated heterocycles. The third-order valence-electron chi connectivity index (χ3n) is 14.7. The summed E-state index contributed by atoms with van der Waals surface area (Å²) in [5, 5.41) is 5.03. The lowest BCUT2D eigenvalue weighted by Gasteiger charge is -2.45. The first kappa shape index (κ1) is 32.6. The molecule has 57 heavy (non-hydrogen) atoms. The van der Waals surface area contributed by atoms with Gasteiger partial charge in [0, 0.05) is 37.7 Å². The zero-order valence-electron chi connectivity index (χ0n) is 33.6. The number of fused-ring (bicyclic) bond motifs is 16. The van der Waals surface area contributed by atoms with Gasteiger partial charge in [0.25, 0.3) is 0 Å². The number of anilines is 3. The van der Waals surface area contributed by atoms with Crippen LogP contribution in [0.2, 0.25) is 0 Å². The molecule has 0 radical (unpaired) electrons. The molecule has 0 amide bonds. The number of para-hydroxylation sites is 2. The molecule has 276 valence electrons. The van der Waals surface area contributed by atoms with Crippen molar-refractivity contribution in [3.8, 4) is 22.3 Å². The van der Waals surface area contributed by atoms with Gasteiger partial charge in [-0.15, -0.1) is 11.3 Å². The van der Waals surface area contributed by atoms with Crippen molar-refractivity contribution >= 4 is 88.5 Å². The maximum absolute atomic E-state index is 6.85. The fourth-order valence-electron chi connectivity index (χ4n) is 11.9. The second-order valence-electron chi connectivity index (χ2n) is 19.1. The van der Waals surface area contributed by atoms with Crippen molar-refractivity contribution in [3.63, 3.8) is 0 Å². The van der Waals surface area contributed by atoms with Gasteiger partial charge in [0.15, 0.2) is 5.58 Å². The van der Waals surface area contributed by atoms with Crippen molar-refractivity contribution in [2.75, 3.05) is 4.90 Å². The Balaban J connectivity index is 1.26. The van der Waals surface area contributed by atoms with Crippen LogP contribution in [0.5, 0.6) is 0 Å². The summed E-state index contributed by atoms with van der Waals surface area (Å²) in [6.45, 7) is 17.1. The van der Waals surface area contributed by atoms with Crippen LogP contribution >= 0.6 is 11.3 Å². The quantitative estimate of drug-likeness (QED) is 0.156. The van der Waals surface area contributed by atoms with E-state index in [1.165, 1.54) is 122 Å². The minimum absolute atomic E-state index is 0.0496. The van der Waals surface area contributed by atoms with Gasteiger partial charge in [0.05, 0.1) is 16.2 Å². The predicted molar refractivity (Wildman–Crippen MR) is 243 cm³/mol. The number of thiophene rings is 1. The smallest absolute Gasteiger partial charge is 0.334 e. The molecular weight excluding hydrogens is 711 g/mol. The van der Waals surface area contributed by atoms with Crippen LogP contribution in [-0.4, -0.2) is 11.3 Å². The summed E-state index contributed by atoms with van der Waals surface area (Å²) < 4.78 is 10.9. The number of aromatic nitrogens is 1. The summed E-state index contributed by atoms with van der Waals surface area (Å²) in [5.41, 5.74) is 22.4. The lowest BCUT2D eigenvalue weighted by atomic mass is 9.44. The number of aryl methyl sites for hydroxylation is 1. The van der Waals surface area contributed by atoms with Crippen LogP contribution in [0.3, 0.4) is 0 Å². The third-order valence-corrected chi connectivity index (χ3v) is 15.9. The van der Waals surface area contributed by atoms with Gasteiger partial charge in [0.1, 0.15) is 5.58 Å². The normalized spacial score (nSPS) is 17.6. The van der Waals surface area contributed by atoms with E-state index in [1.54, 1.807) is 0 Å². The van der Waals surface area contributed by atoms with E-state index in [2.05, 4.69) is 167 Å². The predicted octanol–water partition coefficient (Wildman–Crippen LogP) is 13.1. The minimum Gasteiger partial charge on any atom is -0.454 e. The first-order valence-electron chi connectivity index (χ1n) is 20.7. The monoisotopic (exact) mass is 754 g/mol. The van der Waals surface area contributed by atoms with Gasteiger partial charge in [-0.05, 0) is 128 Å². The Morgan fingerprint density at radius 2 is 1.30 bits per heavy atom. The molecule has 2 aliphatic carbocycles. The molecule has 2 aliphatic heterocycles. The van der Waals surface area contributed by atoms with Crippen molar-refractivity contribution in [2.24, 2.45) is 0 Å². The molecule has 0 N–H and O–H groups in total. The lowest BCUT2D eigenvalue weighted by molar-refractivity contribution is 0.332. The average Bonchev–Trinajstić information content (AvgIpc) is 3.92. The van der Waals surface area contributed by atoms with E-state index in [-0.39, 0.29) is 23.1 Å². The van der Waals surface area contributed by atoms with Crippen LogP contribution in [0, 0.1) is 6.92 Å². The van der Waals surface area contributed by atoms with Crippen molar-refractivity contribution in [1.82, 2.24) is 4.48 Å². The Morgan fingerprint density at radius 1 is 0.614 bits per heavy atom. The first-order valence-corrected chi connectivity index (χ1v) is 21.5. The van der Waals surface area contributed by atoms with Crippen LogP contribution < -0.4 is 15.8 Å². The fourth-order valence-corrected chi connectivity index (χ4v) is 13.1. The molecule has 5 heteroatoms. The Morgan fingerprint density at radius 3 is 2.12 bits per heavy atom. The number of nitrogens with zero attached hydrogens (tertiary/aromatic N) is 2. The molecule has 0 fully saturated rings. The van der Waals surface area contributed by atoms with Crippen LogP contribution in [0.15, 0.2) is 114 Å². The zero-order valence-corrected chi connectivity index (χ0v) is 34.4. The largest absolute Gasteiger partial charge is 0.454 e. The van der Waals surface area contributed by atoms with E-state index in [9.17, 15) is 0 Å². The van der Waals surface area contributed by atoms with Gasteiger partial charge in [-0.25, -0.2) is 0 Å². The highest BCUT2D eigenvalue weighted by atomic mass is 32.1. The number of rotatable bonds is 1. The topological polar surface area (TPSA) is 21.3 Å². The number of benzene rings is 6. The number of furan rings is 1. The van der Waals surface area contributed by atoms with Crippen molar-refractivity contribution in [3.05, 3.63) is 137 Å². The fraction of sp³-hybridized carbons (Fsp3) is 0.231. The summed E-state index contributed by atoms with van der Waals surface area (Å²) in [6, 6.07) is 41.6. The van der Waals surface area contributed by atoms with Crippen LogP contribution in [-0.2, 0) is 16.2 Å². The van der Waals surface area contributed by atoms with Crippen molar-refractivity contribution in [1.29, 1.82) is 0 Å². The molecule has 4 aliphatic rings. The number of hydrogen-bond donors (Lipinski definition) is 0. The van der Waals surface area contributed by atoms with Gasteiger partial charge in [0.2, 0.25) is 0 Å².